The Morgan fingerprint density at radius 3 is 2.58 bits per heavy atom. The summed E-state index contributed by atoms with van der Waals surface area (Å²) in [4.78, 5) is 11.9. The Hall–Kier alpha value is -2.37. The van der Waals surface area contributed by atoms with Gasteiger partial charge in [0.05, 0.1) is 6.61 Å². The maximum atomic E-state index is 11.9. The number of ether oxygens (including phenoxy) is 1. The first-order valence-corrected chi connectivity index (χ1v) is 8.14. The average molecular weight is 361 g/mol. The van der Waals surface area contributed by atoms with E-state index >= 15 is 0 Å². The molecular formula is C18H17ClN2O2S. The summed E-state index contributed by atoms with van der Waals surface area (Å²) in [6.07, 6.45) is 3.02. The molecular weight excluding hydrogens is 344 g/mol. The van der Waals surface area contributed by atoms with E-state index in [-0.39, 0.29) is 11.0 Å². The van der Waals surface area contributed by atoms with Crippen LogP contribution in [0, 0.1) is 0 Å². The van der Waals surface area contributed by atoms with Gasteiger partial charge in [-0.3, -0.25) is 10.1 Å². The number of rotatable bonds is 5. The number of carbonyl (C=O) groups excluding carboxylic acids is 1. The Morgan fingerprint density at radius 1 is 1.21 bits per heavy atom. The standard InChI is InChI=1S/C18H17ClN2O2S/c1-2-23-15-10-8-14(9-11-15)20-18(24)21-17(22)12-7-13-5-3-4-6-16(13)19/h3-12H,2H2,1H3,(H2,20,21,22,24)/b12-7+. The summed E-state index contributed by atoms with van der Waals surface area (Å²) >= 11 is 11.1. The van der Waals surface area contributed by atoms with Crippen molar-refractivity contribution in [1.29, 1.82) is 0 Å². The highest BCUT2D eigenvalue weighted by Gasteiger charge is 2.03. The van der Waals surface area contributed by atoms with Crippen molar-refractivity contribution in [1.82, 2.24) is 5.32 Å². The Labute approximate surface area is 151 Å². The summed E-state index contributed by atoms with van der Waals surface area (Å²) in [5.74, 6) is 0.444. The predicted octanol–water partition coefficient (Wildman–Crippen LogP) is 4.27. The minimum atomic E-state index is -0.335. The molecule has 1 amide bonds. The fraction of sp³-hybridized carbons (Fsp3) is 0.111. The van der Waals surface area contributed by atoms with Crippen LogP contribution < -0.4 is 15.4 Å². The van der Waals surface area contributed by atoms with E-state index in [4.69, 9.17) is 28.6 Å². The molecule has 0 saturated carbocycles. The quantitative estimate of drug-likeness (QED) is 0.617. The van der Waals surface area contributed by atoms with Crippen LogP contribution in [0.3, 0.4) is 0 Å². The summed E-state index contributed by atoms with van der Waals surface area (Å²) in [6, 6.07) is 14.6. The lowest BCUT2D eigenvalue weighted by Gasteiger charge is -2.09. The van der Waals surface area contributed by atoms with Crippen LogP contribution in [-0.4, -0.2) is 17.6 Å². The van der Waals surface area contributed by atoms with Gasteiger partial charge in [0.1, 0.15) is 5.75 Å². The van der Waals surface area contributed by atoms with Gasteiger partial charge in [0.2, 0.25) is 5.91 Å². The monoisotopic (exact) mass is 360 g/mol. The summed E-state index contributed by atoms with van der Waals surface area (Å²) in [5.41, 5.74) is 1.53. The fourth-order valence-electron chi connectivity index (χ4n) is 1.89. The minimum absolute atomic E-state index is 0.216. The van der Waals surface area contributed by atoms with Gasteiger partial charge < -0.3 is 10.1 Å². The van der Waals surface area contributed by atoms with Crippen LogP contribution in [0.2, 0.25) is 5.02 Å². The van der Waals surface area contributed by atoms with Crippen molar-refractivity contribution in [3.8, 4) is 5.75 Å². The van der Waals surface area contributed by atoms with Gasteiger partial charge in [-0.15, -0.1) is 0 Å². The van der Waals surface area contributed by atoms with Crippen molar-refractivity contribution in [3.05, 3.63) is 65.2 Å². The van der Waals surface area contributed by atoms with Crippen molar-refractivity contribution < 1.29 is 9.53 Å². The van der Waals surface area contributed by atoms with Gasteiger partial charge in [-0.1, -0.05) is 29.8 Å². The molecule has 0 unspecified atom stereocenters. The molecule has 0 aliphatic carbocycles. The number of anilines is 1. The highest BCUT2D eigenvalue weighted by molar-refractivity contribution is 7.80. The van der Waals surface area contributed by atoms with Gasteiger partial charge in [0, 0.05) is 16.8 Å². The minimum Gasteiger partial charge on any atom is -0.494 e. The average Bonchev–Trinajstić information content (AvgIpc) is 2.56. The van der Waals surface area contributed by atoms with Crippen molar-refractivity contribution in [2.24, 2.45) is 0 Å². The fourth-order valence-corrected chi connectivity index (χ4v) is 2.31. The van der Waals surface area contributed by atoms with Gasteiger partial charge in [-0.05, 0) is 61.1 Å². The lowest BCUT2D eigenvalue weighted by Crippen LogP contribution is -2.32. The van der Waals surface area contributed by atoms with E-state index in [0.29, 0.717) is 11.6 Å². The number of amides is 1. The van der Waals surface area contributed by atoms with E-state index in [1.165, 1.54) is 6.08 Å². The van der Waals surface area contributed by atoms with Gasteiger partial charge in [-0.25, -0.2) is 0 Å². The highest BCUT2D eigenvalue weighted by Crippen LogP contribution is 2.16. The zero-order valence-corrected chi connectivity index (χ0v) is 14.7. The Kier molecular flexibility index (Phi) is 6.78. The number of hydrogen-bond acceptors (Lipinski definition) is 3. The van der Waals surface area contributed by atoms with Crippen LogP contribution in [0.5, 0.6) is 5.75 Å². The molecule has 2 N–H and O–H groups in total. The van der Waals surface area contributed by atoms with Crippen LogP contribution >= 0.6 is 23.8 Å². The van der Waals surface area contributed by atoms with Crippen molar-refractivity contribution >= 4 is 46.6 Å². The molecule has 0 heterocycles. The van der Waals surface area contributed by atoms with E-state index in [1.54, 1.807) is 12.1 Å². The van der Waals surface area contributed by atoms with Crippen molar-refractivity contribution in [2.45, 2.75) is 6.92 Å². The summed E-state index contributed by atoms with van der Waals surface area (Å²) in [6.45, 7) is 2.53. The highest BCUT2D eigenvalue weighted by atomic mass is 35.5. The normalized spacial score (nSPS) is 10.4. The van der Waals surface area contributed by atoms with E-state index in [2.05, 4.69) is 10.6 Å². The molecule has 124 valence electrons. The second-order valence-electron chi connectivity index (χ2n) is 4.76. The summed E-state index contributed by atoms with van der Waals surface area (Å²) in [5, 5.41) is 6.31. The van der Waals surface area contributed by atoms with Gasteiger partial charge in [0.15, 0.2) is 5.11 Å². The molecule has 2 aromatic carbocycles. The van der Waals surface area contributed by atoms with Crippen LogP contribution in [0.1, 0.15) is 12.5 Å². The lowest BCUT2D eigenvalue weighted by atomic mass is 10.2. The molecule has 4 nitrogen and oxygen atoms in total. The van der Waals surface area contributed by atoms with Crippen molar-refractivity contribution in [2.75, 3.05) is 11.9 Å². The van der Waals surface area contributed by atoms with Crippen LogP contribution in [-0.2, 0) is 4.79 Å². The molecule has 0 atom stereocenters. The number of halogens is 1. The first-order chi connectivity index (χ1) is 11.6. The molecule has 0 radical (unpaired) electrons. The Morgan fingerprint density at radius 2 is 1.92 bits per heavy atom. The van der Waals surface area contributed by atoms with E-state index in [0.717, 1.165) is 17.0 Å². The molecule has 2 aromatic rings. The largest absolute Gasteiger partial charge is 0.494 e. The summed E-state index contributed by atoms with van der Waals surface area (Å²) in [7, 11) is 0. The second kappa shape index (κ2) is 9.05. The van der Waals surface area contributed by atoms with Gasteiger partial charge in [-0.2, -0.15) is 0 Å². The molecule has 0 fully saturated rings. The first kappa shape index (κ1) is 18.0. The number of hydrogen-bond donors (Lipinski definition) is 2. The van der Waals surface area contributed by atoms with E-state index in [9.17, 15) is 4.79 Å². The van der Waals surface area contributed by atoms with Crippen LogP contribution in [0.4, 0.5) is 5.69 Å². The Bertz CT molecular complexity index is 745. The molecule has 0 bridgehead atoms. The third-order valence-electron chi connectivity index (χ3n) is 2.98. The van der Waals surface area contributed by atoms with Crippen LogP contribution in [0.25, 0.3) is 6.08 Å². The maximum Gasteiger partial charge on any atom is 0.250 e. The maximum absolute atomic E-state index is 11.9. The molecule has 6 heteroatoms. The molecule has 0 spiro atoms. The molecule has 2 rings (SSSR count). The molecule has 0 aliphatic heterocycles. The van der Waals surface area contributed by atoms with Crippen LogP contribution in [0.15, 0.2) is 54.6 Å². The SMILES string of the molecule is CCOc1ccc(NC(=S)NC(=O)/C=C/c2ccccc2Cl)cc1. The Balaban J connectivity index is 1.87. The zero-order chi connectivity index (χ0) is 17.4. The number of carbonyl (C=O) groups is 1. The van der Waals surface area contributed by atoms with E-state index < -0.39 is 0 Å². The van der Waals surface area contributed by atoms with Gasteiger partial charge >= 0.3 is 0 Å². The molecule has 24 heavy (non-hydrogen) atoms. The third kappa shape index (κ3) is 5.68. The lowest BCUT2D eigenvalue weighted by molar-refractivity contribution is -0.115. The van der Waals surface area contributed by atoms with Gasteiger partial charge in [0.25, 0.3) is 0 Å². The zero-order valence-electron chi connectivity index (χ0n) is 13.1. The van der Waals surface area contributed by atoms with E-state index in [1.807, 2.05) is 49.4 Å². The third-order valence-corrected chi connectivity index (χ3v) is 3.53. The first-order valence-electron chi connectivity index (χ1n) is 7.36. The summed E-state index contributed by atoms with van der Waals surface area (Å²) < 4.78 is 5.36. The number of thiocarbonyl (C=S) groups is 1. The molecule has 0 aliphatic rings. The topological polar surface area (TPSA) is 50.4 Å². The molecule has 0 aromatic heterocycles. The smallest absolute Gasteiger partial charge is 0.250 e. The number of nitrogens with one attached hydrogen (secondary N) is 2. The second-order valence-corrected chi connectivity index (χ2v) is 5.57. The van der Waals surface area contributed by atoms with Crippen molar-refractivity contribution in [3.63, 3.8) is 0 Å². The number of benzene rings is 2. The predicted molar refractivity (Wildman–Crippen MR) is 102 cm³/mol. The molecule has 0 saturated heterocycles.